The minimum absolute atomic E-state index is 0.0410. The van der Waals surface area contributed by atoms with E-state index in [0.29, 0.717) is 17.9 Å². The number of fused-ring (bicyclic) bond motifs is 1. The van der Waals surface area contributed by atoms with Crippen molar-refractivity contribution in [2.75, 3.05) is 13.2 Å². The molecule has 1 N–H and O–H groups in total. The molecule has 1 saturated heterocycles. The number of aromatic nitrogens is 1. The van der Waals surface area contributed by atoms with Crippen molar-refractivity contribution in [3.8, 4) is 17.7 Å². The quantitative estimate of drug-likeness (QED) is 0.618. The van der Waals surface area contributed by atoms with Crippen LogP contribution in [-0.2, 0) is 4.74 Å². The summed E-state index contributed by atoms with van der Waals surface area (Å²) in [7, 11) is 0. The van der Waals surface area contributed by atoms with E-state index in [-0.39, 0.29) is 11.5 Å². The van der Waals surface area contributed by atoms with Crippen molar-refractivity contribution < 1.29 is 9.47 Å². The van der Waals surface area contributed by atoms with Crippen molar-refractivity contribution in [3.63, 3.8) is 0 Å². The molecule has 1 aromatic heterocycles. The van der Waals surface area contributed by atoms with Crippen molar-refractivity contribution >= 4 is 10.9 Å². The molecule has 1 unspecified atom stereocenters. The number of unbranched alkanes of at least 4 members (excludes halogenated alkanes) is 3. The minimum atomic E-state index is -0.0410. The zero-order valence-electron chi connectivity index (χ0n) is 15.5. The molecular weight excluding hydrogens is 326 g/mol. The lowest BCUT2D eigenvalue weighted by molar-refractivity contribution is -0.0119. The van der Waals surface area contributed by atoms with Crippen LogP contribution in [-0.4, -0.2) is 24.3 Å². The molecule has 4 heteroatoms. The first-order chi connectivity index (χ1) is 12.8. The van der Waals surface area contributed by atoms with E-state index in [2.05, 4.69) is 23.7 Å². The number of rotatable bonds is 6. The molecule has 2 aromatic rings. The van der Waals surface area contributed by atoms with Gasteiger partial charge in [-0.25, -0.2) is 0 Å². The monoisotopic (exact) mass is 353 g/mol. The number of nitrogens with one attached hydrogen (secondary N) is 1. The molecule has 4 nitrogen and oxygen atoms in total. The third kappa shape index (κ3) is 5.12. The lowest BCUT2D eigenvalue weighted by Gasteiger charge is -2.22. The Balaban J connectivity index is 1.71. The largest absolute Gasteiger partial charge is 0.476 e. The maximum atomic E-state index is 12.3. The van der Waals surface area contributed by atoms with Crippen molar-refractivity contribution in [2.24, 2.45) is 0 Å². The fraction of sp³-hybridized carbons (Fsp3) is 0.500. The number of benzene rings is 1. The molecule has 3 rings (SSSR count). The maximum Gasteiger partial charge on any atom is 0.195 e. The zero-order valence-corrected chi connectivity index (χ0v) is 15.5. The molecule has 1 aliphatic rings. The van der Waals surface area contributed by atoms with E-state index in [1.807, 2.05) is 18.2 Å². The van der Waals surface area contributed by atoms with E-state index in [9.17, 15) is 4.79 Å². The molecule has 138 valence electrons. The standard InChI is InChI=1S/C22H27NO3/c1-2-3-4-5-6-9-17-11-12-19-20(14-17)23-22(15-21(19)24)26-16-18-10-7-8-13-25-18/h11-12,14-15,18H,2-5,7-8,10,13,16H2,1H3,(H,23,24). The highest BCUT2D eigenvalue weighted by atomic mass is 16.5. The summed E-state index contributed by atoms with van der Waals surface area (Å²) in [5.41, 5.74) is 1.63. The van der Waals surface area contributed by atoms with Crippen LogP contribution in [0.25, 0.3) is 10.9 Å². The van der Waals surface area contributed by atoms with Gasteiger partial charge in [-0.2, -0.15) is 0 Å². The van der Waals surface area contributed by atoms with E-state index >= 15 is 0 Å². The van der Waals surface area contributed by atoms with Crippen LogP contribution in [0, 0.1) is 11.8 Å². The Morgan fingerprint density at radius 1 is 1.27 bits per heavy atom. The molecule has 1 aliphatic heterocycles. The van der Waals surface area contributed by atoms with Crippen LogP contribution in [0.1, 0.15) is 57.4 Å². The highest BCUT2D eigenvalue weighted by Crippen LogP contribution is 2.17. The Kier molecular flexibility index (Phi) is 6.74. The van der Waals surface area contributed by atoms with Gasteiger partial charge in [0, 0.05) is 30.0 Å². The van der Waals surface area contributed by atoms with Crippen LogP contribution in [0.2, 0.25) is 0 Å². The van der Waals surface area contributed by atoms with E-state index in [1.54, 1.807) is 0 Å². The highest BCUT2D eigenvalue weighted by molar-refractivity contribution is 5.80. The van der Waals surface area contributed by atoms with Crippen LogP contribution >= 0.6 is 0 Å². The van der Waals surface area contributed by atoms with Gasteiger partial charge in [0.25, 0.3) is 0 Å². The molecule has 0 saturated carbocycles. The SMILES string of the molecule is CCCCCC#Cc1ccc2c(=O)cc(OCC3CCCCO3)[nH]c2c1. The number of ether oxygens (including phenoxy) is 2. The Bertz CT molecular complexity index is 838. The van der Waals surface area contributed by atoms with Crippen LogP contribution in [0.4, 0.5) is 0 Å². The fourth-order valence-electron chi connectivity index (χ4n) is 3.13. The highest BCUT2D eigenvalue weighted by Gasteiger charge is 2.15. The minimum Gasteiger partial charge on any atom is -0.476 e. The number of H-pyrrole nitrogens is 1. The normalized spacial score (nSPS) is 16.9. The Hall–Kier alpha value is -2.25. The lowest BCUT2D eigenvalue weighted by atomic mass is 10.1. The molecule has 2 heterocycles. The van der Waals surface area contributed by atoms with Gasteiger partial charge < -0.3 is 14.5 Å². The smallest absolute Gasteiger partial charge is 0.195 e. The van der Waals surface area contributed by atoms with Gasteiger partial charge >= 0.3 is 0 Å². The van der Waals surface area contributed by atoms with Gasteiger partial charge in [0.2, 0.25) is 0 Å². The molecule has 0 spiro atoms. The second kappa shape index (κ2) is 9.45. The summed E-state index contributed by atoms with van der Waals surface area (Å²) in [4.78, 5) is 15.5. The van der Waals surface area contributed by atoms with Crippen LogP contribution in [0.15, 0.2) is 29.1 Å². The van der Waals surface area contributed by atoms with Crippen molar-refractivity contribution in [1.82, 2.24) is 4.98 Å². The van der Waals surface area contributed by atoms with Gasteiger partial charge in [0.15, 0.2) is 11.3 Å². The summed E-state index contributed by atoms with van der Waals surface area (Å²) in [5.74, 6) is 6.88. The van der Waals surface area contributed by atoms with Gasteiger partial charge in [0.1, 0.15) is 6.61 Å². The summed E-state index contributed by atoms with van der Waals surface area (Å²) in [6, 6.07) is 7.17. The Morgan fingerprint density at radius 2 is 2.19 bits per heavy atom. The summed E-state index contributed by atoms with van der Waals surface area (Å²) in [6.45, 7) is 3.45. The average Bonchev–Trinajstić information content (AvgIpc) is 2.67. The average molecular weight is 353 g/mol. The number of pyridine rings is 1. The second-order valence-electron chi connectivity index (χ2n) is 6.82. The number of aromatic amines is 1. The van der Waals surface area contributed by atoms with E-state index in [4.69, 9.17) is 9.47 Å². The molecule has 0 radical (unpaired) electrons. The van der Waals surface area contributed by atoms with Gasteiger partial charge in [-0.1, -0.05) is 31.6 Å². The topological polar surface area (TPSA) is 51.3 Å². The maximum absolute atomic E-state index is 12.3. The molecule has 0 aliphatic carbocycles. The van der Waals surface area contributed by atoms with Crippen LogP contribution < -0.4 is 10.2 Å². The van der Waals surface area contributed by atoms with E-state index < -0.39 is 0 Å². The predicted molar refractivity (Wildman–Crippen MR) is 105 cm³/mol. The number of hydrogen-bond donors (Lipinski definition) is 1. The van der Waals surface area contributed by atoms with E-state index in [0.717, 1.165) is 43.4 Å². The first-order valence-electron chi connectivity index (χ1n) is 9.66. The fourth-order valence-corrected chi connectivity index (χ4v) is 3.13. The first-order valence-corrected chi connectivity index (χ1v) is 9.66. The summed E-state index contributed by atoms with van der Waals surface area (Å²) < 4.78 is 11.5. The third-order valence-electron chi connectivity index (χ3n) is 4.64. The third-order valence-corrected chi connectivity index (χ3v) is 4.64. The van der Waals surface area contributed by atoms with Crippen molar-refractivity contribution in [1.29, 1.82) is 0 Å². The molecule has 0 amide bonds. The molecule has 1 aromatic carbocycles. The van der Waals surface area contributed by atoms with Crippen LogP contribution in [0.3, 0.4) is 0 Å². The first kappa shape index (κ1) is 18.5. The number of hydrogen-bond acceptors (Lipinski definition) is 3. The molecule has 1 atom stereocenters. The van der Waals surface area contributed by atoms with Crippen molar-refractivity contribution in [2.45, 2.75) is 58.0 Å². The zero-order chi connectivity index (χ0) is 18.2. The Labute approximate surface area is 154 Å². The van der Waals surface area contributed by atoms with Crippen LogP contribution in [0.5, 0.6) is 5.88 Å². The van der Waals surface area contributed by atoms with Crippen molar-refractivity contribution in [3.05, 3.63) is 40.1 Å². The van der Waals surface area contributed by atoms with Gasteiger partial charge in [-0.15, -0.1) is 0 Å². The summed E-state index contributed by atoms with van der Waals surface area (Å²) >= 11 is 0. The summed E-state index contributed by atoms with van der Waals surface area (Å²) in [6.07, 6.45) is 7.87. The lowest BCUT2D eigenvalue weighted by Crippen LogP contribution is -2.26. The molecule has 26 heavy (non-hydrogen) atoms. The second-order valence-corrected chi connectivity index (χ2v) is 6.82. The van der Waals surface area contributed by atoms with Gasteiger partial charge in [0.05, 0.1) is 11.6 Å². The summed E-state index contributed by atoms with van der Waals surface area (Å²) in [5, 5.41) is 0.655. The molecular formula is C22H27NO3. The Morgan fingerprint density at radius 3 is 3.00 bits per heavy atom. The predicted octanol–water partition coefficient (Wildman–Crippen LogP) is 4.41. The molecule has 1 fully saturated rings. The molecule has 0 bridgehead atoms. The van der Waals surface area contributed by atoms with E-state index in [1.165, 1.54) is 25.3 Å². The van der Waals surface area contributed by atoms with Gasteiger partial charge in [-0.05, 0) is 43.9 Å². The van der Waals surface area contributed by atoms with Gasteiger partial charge in [-0.3, -0.25) is 4.79 Å².